The predicted molar refractivity (Wildman–Crippen MR) is 92.3 cm³/mol. The second kappa shape index (κ2) is 6.55. The van der Waals surface area contributed by atoms with E-state index < -0.39 is 16.1 Å². The average molecular weight is 365 g/mol. The number of nitrogens with zero attached hydrogens (tertiary/aromatic N) is 1. The third-order valence-electron chi connectivity index (χ3n) is 4.07. The monoisotopic (exact) mass is 364 g/mol. The van der Waals surface area contributed by atoms with E-state index in [2.05, 4.69) is 5.32 Å². The fraction of sp³-hybridized carbons (Fsp3) is 0.235. The van der Waals surface area contributed by atoms with E-state index in [0.717, 1.165) is 5.56 Å². The Kier molecular flexibility index (Phi) is 4.62. The van der Waals surface area contributed by atoms with Crippen molar-refractivity contribution < 1.29 is 13.2 Å². The van der Waals surface area contributed by atoms with Gasteiger partial charge >= 0.3 is 0 Å². The Morgan fingerprint density at radius 2 is 1.79 bits per heavy atom. The van der Waals surface area contributed by atoms with Crippen molar-refractivity contribution in [1.82, 2.24) is 9.62 Å². The van der Waals surface area contributed by atoms with Crippen molar-refractivity contribution in [3.8, 4) is 0 Å². The minimum Gasteiger partial charge on any atom is -0.353 e. The molecule has 1 amide bonds. The maximum atomic E-state index is 13.1. The third kappa shape index (κ3) is 2.92. The molecule has 1 heterocycles. The van der Waals surface area contributed by atoms with Crippen LogP contribution in [0.5, 0.6) is 0 Å². The summed E-state index contributed by atoms with van der Waals surface area (Å²) in [6, 6.07) is 12.7. The van der Waals surface area contributed by atoms with Crippen LogP contribution >= 0.6 is 11.6 Å². The van der Waals surface area contributed by atoms with Gasteiger partial charge < -0.3 is 5.32 Å². The lowest BCUT2D eigenvalue weighted by atomic mass is 9.99. The number of halogens is 1. The molecule has 0 bridgehead atoms. The fourth-order valence-electron chi connectivity index (χ4n) is 2.88. The van der Waals surface area contributed by atoms with Crippen LogP contribution in [0.3, 0.4) is 0 Å². The Hall–Kier alpha value is -1.89. The molecule has 2 aromatic rings. The Balaban J connectivity index is 2.12. The van der Waals surface area contributed by atoms with Gasteiger partial charge in [0.05, 0.1) is 5.02 Å². The quantitative estimate of drug-likeness (QED) is 0.910. The molecule has 3 rings (SSSR count). The van der Waals surface area contributed by atoms with E-state index in [-0.39, 0.29) is 28.9 Å². The largest absolute Gasteiger partial charge is 0.353 e. The summed E-state index contributed by atoms with van der Waals surface area (Å²) in [6.07, 6.45) is 0. The van der Waals surface area contributed by atoms with Crippen molar-refractivity contribution in [3.05, 3.63) is 64.7 Å². The standard InChI is InChI=1S/C17H17ClN2O3S/c1-12-6-2-3-7-13(12)16-17(21)19-10-11-20(16)24(22,23)15-9-5-4-8-14(15)18/h2-9,16H,10-11H2,1H3,(H,19,21). The van der Waals surface area contributed by atoms with Crippen LogP contribution in [0.15, 0.2) is 53.4 Å². The highest BCUT2D eigenvalue weighted by atomic mass is 35.5. The zero-order chi connectivity index (χ0) is 17.3. The van der Waals surface area contributed by atoms with E-state index >= 15 is 0 Å². The molecule has 1 saturated heterocycles. The van der Waals surface area contributed by atoms with Crippen LogP contribution in [0.4, 0.5) is 0 Å². The van der Waals surface area contributed by atoms with Gasteiger partial charge in [0.2, 0.25) is 15.9 Å². The number of piperazine rings is 1. The normalized spacial score (nSPS) is 19.1. The molecule has 1 N–H and O–H groups in total. The number of benzene rings is 2. The smallest absolute Gasteiger partial charge is 0.245 e. The number of sulfonamides is 1. The SMILES string of the molecule is Cc1ccccc1C1C(=O)NCCN1S(=O)(=O)c1ccccc1Cl. The highest BCUT2D eigenvalue weighted by Gasteiger charge is 2.40. The molecule has 0 aromatic heterocycles. The summed E-state index contributed by atoms with van der Waals surface area (Å²) in [4.78, 5) is 12.5. The third-order valence-corrected chi connectivity index (χ3v) is 6.44. The van der Waals surface area contributed by atoms with Gasteiger partial charge in [0.1, 0.15) is 10.9 Å². The molecule has 1 fully saturated rings. The number of amides is 1. The highest BCUT2D eigenvalue weighted by Crippen LogP contribution is 2.33. The van der Waals surface area contributed by atoms with Crippen molar-refractivity contribution in [1.29, 1.82) is 0 Å². The van der Waals surface area contributed by atoms with E-state index in [1.807, 2.05) is 19.1 Å². The summed E-state index contributed by atoms with van der Waals surface area (Å²) in [5.41, 5.74) is 1.53. The molecule has 0 spiro atoms. The molecular weight excluding hydrogens is 348 g/mol. The molecule has 0 aliphatic carbocycles. The molecular formula is C17H17ClN2O3S. The summed E-state index contributed by atoms with van der Waals surface area (Å²) in [7, 11) is -3.90. The first kappa shape index (κ1) is 17.0. The Morgan fingerprint density at radius 1 is 1.12 bits per heavy atom. The number of carbonyl (C=O) groups is 1. The maximum absolute atomic E-state index is 13.1. The van der Waals surface area contributed by atoms with Crippen LogP contribution < -0.4 is 5.32 Å². The first-order valence-corrected chi connectivity index (χ1v) is 9.34. The summed E-state index contributed by atoms with van der Waals surface area (Å²) < 4.78 is 27.5. The van der Waals surface area contributed by atoms with Crippen molar-refractivity contribution >= 4 is 27.5 Å². The molecule has 1 atom stereocenters. The number of aryl methyl sites for hydroxylation is 1. The van der Waals surface area contributed by atoms with Gasteiger partial charge in [-0.25, -0.2) is 8.42 Å². The number of hydrogen-bond donors (Lipinski definition) is 1. The summed E-state index contributed by atoms with van der Waals surface area (Å²) in [5, 5.41) is 2.89. The molecule has 0 radical (unpaired) electrons. The van der Waals surface area contributed by atoms with E-state index in [4.69, 9.17) is 11.6 Å². The van der Waals surface area contributed by atoms with Gasteiger partial charge in [-0.15, -0.1) is 0 Å². The molecule has 1 unspecified atom stereocenters. The first-order chi connectivity index (χ1) is 11.4. The summed E-state index contributed by atoms with van der Waals surface area (Å²) in [6.45, 7) is 2.32. The Bertz CT molecular complexity index is 883. The van der Waals surface area contributed by atoms with Gasteiger partial charge in [-0.3, -0.25) is 4.79 Å². The zero-order valence-electron chi connectivity index (χ0n) is 13.1. The molecule has 0 saturated carbocycles. The van der Waals surface area contributed by atoms with Gasteiger partial charge in [-0.05, 0) is 30.2 Å². The van der Waals surface area contributed by atoms with Gasteiger partial charge in [0, 0.05) is 13.1 Å². The summed E-state index contributed by atoms with van der Waals surface area (Å²) >= 11 is 6.08. The second-order valence-electron chi connectivity index (χ2n) is 5.60. The van der Waals surface area contributed by atoms with Gasteiger partial charge in [-0.2, -0.15) is 4.31 Å². The minimum absolute atomic E-state index is 0.0138. The molecule has 2 aromatic carbocycles. The Labute approximate surface area is 146 Å². The van der Waals surface area contributed by atoms with Crippen molar-refractivity contribution in [2.45, 2.75) is 17.9 Å². The average Bonchev–Trinajstić information content (AvgIpc) is 2.56. The van der Waals surface area contributed by atoms with E-state index in [0.29, 0.717) is 5.56 Å². The van der Waals surface area contributed by atoms with Gasteiger partial charge in [0.25, 0.3) is 0 Å². The van der Waals surface area contributed by atoms with Crippen LogP contribution in [-0.2, 0) is 14.8 Å². The lowest BCUT2D eigenvalue weighted by Crippen LogP contribution is -2.52. The molecule has 24 heavy (non-hydrogen) atoms. The van der Waals surface area contributed by atoms with Crippen LogP contribution in [0.1, 0.15) is 17.2 Å². The molecule has 1 aliphatic rings. The molecule has 7 heteroatoms. The van der Waals surface area contributed by atoms with Crippen molar-refractivity contribution in [2.75, 3.05) is 13.1 Å². The van der Waals surface area contributed by atoms with Gasteiger partial charge in [-0.1, -0.05) is 48.0 Å². The predicted octanol–water partition coefficient (Wildman–Crippen LogP) is 2.51. The van der Waals surface area contributed by atoms with E-state index in [1.54, 1.807) is 24.3 Å². The van der Waals surface area contributed by atoms with Crippen LogP contribution in [0, 0.1) is 6.92 Å². The lowest BCUT2D eigenvalue weighted by molar-refractivity contribution is -0.126. The highest BCUT2D eigenvalue weighted by molar-refractivity contribution is 7.89. The molecule has 5 nitrogen and oxygen atoms in total. The number of hydrogen-bond acceptors (Lipinski definition) is 3. The topological polar surface area (TPSA) is 66.5 Å². The van der Waals surface area contributed by atoms with Gasteiger partial charge in [0.15, 0.2) is 0 Å². The van der Waals surface area contributed by atoms with E-state index in [9.17, 15) is 13.2 Å². The van der Waals surface area contributed by atoms with Crippen molar-refractivity contribution in [2.24, 2.45) is 0 Å². The number of carbonyl (C=O) groups excluding carboxylic acids is 1. The first-order valence-electron chi connectivity index (χ1n) is 7.52. The lowest BCUT2D eigenvalue weighted by Gasteiger charge is -2.35. The zero-order valence-corrected chi connectivity index (χ0v) is 14.6. The number of rotatable bonds is 3. The van der Waals surface area contributed by atoms with Crippen molar-refractivity contribution in [3.63, 3.8) is 0 Å². The second-order valence-corrected chi connectivity index (χ2v) is 7.86. The van der Waals surface area contributed by atoms with Crippen LogP contribution in [-0.4, -0.2) is 31.7 Å². The van der Waals surface area contributed by atoms with E-state index in [1.165, 1.54) is 16.4 Å². The minimum atomic E-state index is -3.90. The number of nitrogens with one attached hydrogen (secondary N) is 1. The fourth-order valence-corrected chi connectivity index (χ4v) is 4.94. The molecule has 126 valence electrons. The summed E-state index contributed by atoms with van der Waals surface area (Å²) in [5.74, 6) is -0.328. The van der Waals surface area contributed by atoms with Crippen LogP contribution in [0.2, 0.25) is 5.02 Å². The Morgan fingerprint density at radius 3 is 2.50 bits per heavy atom. The maximum Gasteiger partial charge on any atom is 0.245 e. The van der Waals surface area contributed by atoms with Crippen LogP contribution in [0.25, 0.3) is 0 Å². The molecule has 1 aliphatic heterocycles.